The van der Waals surface area contributed by atoms with Crippen molar-refractivity contribution in [1.29, 1.82) is 5.26 Å². The van der Waals surface area contributed by atoms with E-state index in [0.29, 0.717) is 11.4 Å². The predicted molar refractivity (Wildman–Crippen MR) is 89.9 cm³/mol. The quantitative estimate of drug-likeness (QED) is 0.861. The lowest BCUT2D eigenvalue weighted by Gasteiger charge is -2.32. The number of aromatic nitrogens is 1. The second-order valence-corrected chi connectivity index (χ2v) is 5.83. The van der Waals surface area contributed by atoms with Gasteiger partial charge in [0.2, 0.25) is 5.88 Å². The molecule has 0 bridgehead atoms. The van der Waals surface area contributed by atoms with Crippen molar-refractivity contribution in [3.63, 3.8) is 0 Å². The Kier molecular flexibility index (Phi) is 4.89. The minimum Gasteiger partial charge on any atom is -0.458 e. The third-order valence-electron chi connectivity index (χ3n) is 4.30. The highest BCUT2D eigenvalue weighted by Gasteiger charge is 2.20. The number of piperidine rings is 1. The molecule has 1 fully saturated rings. The van der Waals surface area contributed by atoms with E-state index in [-0.39, 0.29) is 6.23 Å². The van der Waals surface area contributed by atoms with Crippen LogP contribution in [0.15, 0.2) is 42.6 Å². The van der Waals surface area contributed by atoms with Crippen molar-refractivity contribution in [3.8, 4) is 23.1 Å². The van der Waals surface area contributed by atoms with Gasteiger partial charge < -0.3 is 4.74 Å². The molecule has 2 aromatic rings. The summed E-state index contributed by atoms with van der Waals surface area (Å²) in [6, 6.07) is 14.0. The molecule has 0 saturated carbocycles. The molecule has 1 aliphatic rings. The molecule has 0 aliphatic carbocycles. The summed E-state index contributed by atoms with van der Waals surface area (Å²) in [6.45, 7) is 4.12. The van der Waals surface area contributed by atoms with E-state index < -0.39 is 0 Å². The molecule has 1 unspecified atom stereocenters. The number of nitrogens with zero attached hydrogens (tertiary/aromatic N) is 3. The van der Waals surface area contributed by atoms with E-state index in [2.05, 4.69) is 16.0 Å². The van der Waals surface area contributed by atoms with Crippen LogP contribution in [-0.4, -0.2) is 29.2 Å². The first kappa shape index (κ1) is 15.5. The maximum atomic E-state index is 9.60. The number of hydrogen-bond donors (Lipinski definition) is 0. The molecule has 2 heterocycles. The van der Waals surface area contributed by atoms with Gasteiger partial charge in [-0.1, -0.05) is 36.8 Å². The van der Waals surface area contributed by atoms with E-state index in [9.17, 15) is 5.26 Å². The van der Waals surface area contributed by atoms with Crippen LogP contribution in [0.2, 0.25) is 0 Å². The zero-order chi connectivity index (χ0) is 16.1. The van der Waals surface area contributed by atoms with Gasteiger partial charge in [-0.2, -0.15) is 5.26 Å². The van der Waals surface area contributed by atoms with Gasteiger partial charge in [0.05, 0.1) is 0 Å². The summed E-state index contributed by atoms with van der Waals surface area (Å²) in [5.74, 6) is 0.423. The average Bonchev–Trinajstić information content (AvgIpc) is 2.63. The van der Waals surface area contributed by atoms with Gasteiger partial charge in [-0.05, 0) is 31.4 Å². The first-order valence-corrected chi connectivity index (χ1v) is 8.15. The fourth-order valence-electron chi connectivity index (χ4n) is 3.02. The van der Waals surface area contributed by atoms with E-state index in [0.717, 1.165) is 24.2 Å². The molecule has 4 nitrogen and oxygen atoms in total. The molecule has 0 amide bonds. The second kappa shape index (κ2) is 7.26. The van der Waals surface area contributed by atoms with Gasteiger partial charge in [0.25, 0.3) is 0 Å². The Bertz CT molecular complexity index is 688. The predicted octanol–water partition coefficient (Wildman–Crippen LogP) is 3.83. The van der Waals surface area contributed by atoms with Crippen molar-refractivity contribution in [2.45, 2.75) is 32.4 Å². The maximum absolute atomic E-state index is 9.60. The van der Waals surface area contributed by atoms with Gasteiger partial charge in [0.15, 0.2) is 6.23 Å². The zero-order valence-electron chi connectivity index (χ0n) is 13.4. The maximum Gasteiger partial charge on any atom is 0.233 e. The topological polar surface area (TPSA) is 49.1 Å². The summed E-state index contributed by atoms with van der Waals surface area (Å²) in [4.78, 5) is 6.61. The van der Waals surface area contributed by atoms with Gasteiger partial charge in [-0.15, -0.1) is 0 Å². The molecule has 0 N–H and O–H groups in total. The van der Waals surface area contributed by atoms with Crippen LogP contribution in [0.4, 0.5) is 0 Å². The molecule has 1 aromatic carbocycles. The molecule has 118 valence electrons. The molecule has 3 rings (SSSR count). The minimum absolute atomic E-state index is 0.0686. The van der Waals surface area contributed by atoms with E-state index in [1.165, 1.54) is 19.3 Å². The van der Waals surface area contributed by atoms with E-state index in [1.807, 2.05) is 43.3 Å². The van der Waals surface area contributed by atoms with Crippen LogP contribution in [-0.2, 0) is 0 Å². The monoisotopic (exact) mass is 307 g/mol. The lowest BCUT2D eigenvalue weighted by atomic mass is 10.0. The van der Waals surface area contributed by atoms with Crippen molar-refractivity contribution >= 4 is 0 Å². The van der Waals surface area contributed by atoms with Crippen LogP contribution in [0, 0.1) is 11.3 Å². The minimum atomic E-state index is -0.0686. The molecule has 1 saturated heterocycles. The van der Waals surface area contributed by atoms with Crippen LogP contribution in [0.5, 0.6) is 5.88 Å². The Morgan fingerprint density at radius 2 is 1.87 bits per heavy atom. The summed E-state index contributed by atoms with van der Waals surface area (Å²) < 4.78 is 6.03. The van der Waals surface area contributed by atoms with E-state index in [4.69, 9.17) is 4.74 Å². The summed E-state index contributed by atoms with van der Waals surface area (Å²) in [5.41, 5.74) is 2.37. The number of ether oxygens (including phenoxy) is 1. The van der Waals surface area contributed by atoms with Crippen molar-refractivity contribution in [1.82, 2.24) is 9.88 Å². The van der Waals surface area contributed by atoms with Crippen LogP contribution < -0.4 is 4.74 Å². The summed E-state index contributed by atoms with van der Waals surface area (Å²) in [5, 5.41) is 9.60. The Balaban J connectivity index is 1.86. The number of hydrogen-bond acceptors (Lipinski definition) is 4. The molecular formula is C19H21N3O. The molecule has 0 radical (unpaired) electrons. The first-order chi connectivity index (χ1) is 11.3. The highest BCUT2D eigenvalue weighted by Crippen LogP contribution is 2.29. The largest absolute Gasteiger partial charge is 0.458 e. The fraction of sp³-hybridized carbons (Fsp3) is 0.368. The van der Waals surface area contributed by atoms with Gasteiger partial charge in [0, 0.05) is 24.8 Å². The molecule has 1 atom stereocenters. The van der Waals surface area contributed by atoms with Gasteiger partial charge in [-0.25, -0.2) is 4.98 Å². The number of likely N-dealkylation sites (tertiary alicyclic amines) is 1. The van der Waals surface area contributed by atoms with Crippen LogP contribution in [0.25, 0.3) is 11.1 Å². The second-order valence-electron chi connectivity index (χ2n) is 5.83. The highest BCUT2D eigenvalue weighted by atomic mass is 16.5. The summed E-state index contributed by atoms with van der Waals surface area (Å²) in [6.07, 6.45) is 5.34. The zero-order valence-corrected chi connectivity index (χ0v) is 13.4. The standard InChI is InChI=1S/C19H21N3O/c1-15(22-12-6-3-7-13-22)23-19-18(14-20)17(10-11-21-19)16-8-4-2-5-9-16/h2,4-5,8-11,15H,3,6-7,12-13H2,1H3. The summed E-state index contributed by atoms with van der Waals surface area (Å²) >= 11 is 0. The Morgan fingerprint density at radius 3 is 2.57 bits per heavy atom. The Labute approximate surface area is 137 Å². The Morgan fingerprint density at radius 1 is 1.13 bits per heavy atom. The van der Waals surface area contributed by atoms with Gasteiger partial charge >= 0.3 is 0 Å². The molecule has 23 heavy (non-hydrogen) atoms. The normalized spacial score (nSPS) is 16.5. The molecule has 1 aromatic heterocycles. The third-order valence-corrected chi connectivity index (χ3v) is 4.30. The third kappa shape index (κ3) is 3.52. The van der Waals surface area contributed by atoms with Crippen LogP contribution >= 0.6 is 0 Å². The van der Waals surface area contributed by atoms with Crippen molar-refractivity contribution in [2.75, 3.05) is 13.1 Å². The summed E-state index contributed by atoms with van der Waals surface area (Å²) in [7, 11) is 0. The van der Waals surface area contributed by atoms with E-state index >= 15 is 0 Å². The smallest absolute Gasteiger partial charge is 0.233 e. The first-order valence-electron chi connectivity index (χ1n) is 8.15. The molecule has 4 heteroatoms. The van der Waals surface area contributed by atoms with Gasteiger partial charge in [-0.3, -0.25) is 4.90 Å². The SMILES string of the molecule is CC(Oc1nccc(-c2ccccc2)c1C#N)N1CCCCC1. The Hall–Kier alpha value is -2.38. The van der Waals surface area contributed by atoms with Crippen molar-refractivity contribution < 1.29 is 4.74 Å². The number of rotatable bonds is 4. The lowest BCUT2D eigenvalue weighted by Crippen LogP contribution is -2.41. The van der Waals surface area contributed by atoms with Gasteiger partial charge in [0.1, 0.15) is 11.6 Å². The molecule has 0 spiro atoms. The van der Waals surface area contributed by atoms with Crippen molar-refractivity contribution in [3.05, 3.63) is 48.2 Å². The lowest BCUT2D eigenvalue weighted by molar-refractivity contribution is 0.0229. The van der Waals surface area contributed by atoms with Crippen molar-refractivity contribution in [2.24, 2.45) is 0 Å². The molecule has 1 aliphatic heterocycles. The number of benzene rings is 1. The van der Waals surface area contributed by atoms with Crippen LogP contribution in [0.1, 0.15) is 31.7 Å². The number of nitriles is 1. The highest BCUT2D eigenvalue weighted by molar-refractivity contribution is 5.72. The van der Waals surface area contributed by atoms with E-state index in [1.54, 1.807) is 6.20 Å². The fourth-order valence-corrected chi connectivity index (χ4v) is 3.02. The number of pyridine rings is 1. The molecular weight excluding hydrogens is 286 g/mol. The average molecular weight is 307 g/mol. The van der Waals surface area contributed by atoms with Crippen LogP contribution in [0.3, 0.4) is 0 Å².